The number of benzene rings is 1. The Labute approximate surface area is 104 Å². The SMILES string of the molecule is C=C(Cl)COc1cc(CNC)ccc1[N+](=O)[O-]. The fourth-order valence-corrected chi connectivity index (χ4v) is 1.35. The highest BCUT2D eigenvalue weighted by molar-refractivity contribution is 6.29. The largest absolute Gasteiger partial charge is 0.481 e. The van der Waals surface area contributed by atoms with E-state index < -0.39 is 4.92 Å². The molecule has 0 saturated heterocycles. The van der Waals surface area contributed by atoms with E-state index in [0.717, 1.165) is 5.56 Å². The Hall–Kier alpha value is -1.59. The maximum absolute atomic E-state index is 10.8. The first-order chi connectivity index (χ1) is 8.04. The zero-order chi connectivity index (χ0) is 12.8. The van der Waals surface area contributed by atoms with Gasteiger partial charge >= 0.3 is 5.69 Å². The number of rotatable bonds is 6. The summed E-state index contributed by atoms with van der Waals surface area (Å²) in [4.78, 5) is 10.3. The molecule has 0 aliphatic carbocycles. The lowest BCUT2D eigenvalue weighted by molar-refractivity contribution is -0.385. The first kappa shape index (κ1) is 13.5. The monoisotopic (exact) mass is 256 g/mol. The van der Waals surface area contributed by atoms with Crippen LogP contribution in [0.2, 0.25) is 0 Å². The lowest BCUT2D eigenvalue weighted by atomic mass is 10.2. The Morgan fingerprint density at radius 1 is 1.65 bits per heavy atom. The van der Waals surface area contributed by atoms with Crippen molar-refractivity contribution < 1.29 is 9.66 Å². The summed E-state index contributed by atoms with van der Waals surface area (Å²) >= 11 is 5.56. The second-order valence-electron chi connectivity index (χ2n) is 3.40. The van der Waals surface area contributed by atoms with Crippen LogP contribution in [0, 0.1) is 10.1 Å². The molecule has 0 bridgehead atoms. The zero-order valence-corrected chi connectivity index (χ0v) is 10.2. The molecule has 0 aliphatic rings. The van der Waals surface area contributed by atoms with Crippen LogP contribution < -0.4 is 10.1 Å². The van der Waals surface area contributed by atoms with Gasteiger partial charge in [0.05, 0.1) is 4.92 Å². The third-order valence-corrected chi connectivity index (χ3v) is 2.10. The first-order valence-corrected chi connectivity index (χ1v) is 5.30. The molecule has 1 rings (SSSR count). The van der Waals surface area contributed by atoms with Crippen LogP contribution in [0.15, 0.2) is 29.8 Å². The Morgan fingerprint density at radius 3 is 2.88 bits per heavy atom. The van der Waals surface area contributed by atoms with Crippen LogP contribution in [0.4, 0.5) is 5.69 Å². The highest BCUT2D eigenvalue weighted by Crippen LogP contribution is 2.28. The van der Waals surface area contributed by atoms with Crippen molar-refractivity contribution in [2.75, 3.05) is 13.7 Å². The van der Waals surface area contributed by atoms with Gasteiger partial charge in [0.15, 0.2) is 5.75 Å². The van der Waals surface area contributed by atoms with Crippen molar-refractivity contribution in [1.29, 1.82) is 0 Å². The number of nitrogens with one attached hydrogen (secondary N) is 1. The van der Waals surface area contributed by atoms with E-state index in [4.69, 9.17) is 16.3 Å². The van der Waals surface area contributed by atoms with Crippen LogP contribution in [0.3, 0.4) is 0 Å². The Morgan fingerprint density at radius 2 is 2.35 bits per heavy atom. The van der Waals surface area contributed by atoms with Gasteiger partial charge in [-0.25, -0.2) is 0 Å². The third kappa shape index (κ3) is 4.05. The van der Waals surface area contributed by atoms with Gasteiger partial charge in [-0.1, -0.05) is 24.2 Å². The van der Waals surface area contributed by atoms with Crippen molar-refractivity contribution in [1.82, 2.24) is 5.32 Å². The second-order valence-corrected chi connectivity index (χ2v) is 3.93. The van der Waals surface area contributed by atoms with Gasteiger partial charge in [0, 0.05) is 17.6 Å². The molecule has 0 aromatic heterocycles. The van der Waals surface area contributed by atoms with Gasteiger partial charge in [-0.2, -0.15) is 0 Å². The average molecular weight is 257 g/mol. The molecular formula is C11H13ClN2O3. The first-order valence-electron chi connectivity index (χ1n) is 4.92. The van der Waals surface area contributed by atoms with Crippen LogP contribution in [-0.4, -0.2) is 18.6 Å². The molecule has 17 heavy (non-hydrogen) atoms. The zero-order valence-electron chi connectivity index (χ0n) is 9.40. The summed E-state index contributed by atoms with van der Waals surface area (Å²) in [7, 11) is 1.79. The van der Waals surface area contributed by atoms with Gasteiger partial charge in [-0.3, -0.25) is 10.1 Å². The van der Waals surface area contributed by atoms with Gasteiger partial charge < -0.3 is 10.1 Å². The second kappa shape index (κ2) is 6.22. The van der Waals surface area contributed by atoms with Crippen molar-refractivity contribution in [3.05, 3.63) is 45.5 Å². The molecule has 0 saturated carbocycles. The van der Waals surface area contributed by atoms with Crippen molar-refractivity contribution in [2.24, 2.45) is 0 Å². The van der Waals surface area contributed by atoms with Crippen LogP contribution in [-0.2, 0) is 6.54 Å². The molecule has 6 heteroatoms. The number of halogens is 1. The quantitative estimate of drug-likeness (QED) is 0.627. The summed E-state index contributed by atoms with van der Waals surface area (Å²) in [5.74, 6) is 0.199. The Bertz CT molecular complexity index is 435. The van der Waals surface area contributed by atoms with E-state index in [-0.39, 0.29) is 18.0 Å². The number of nitrogens with zero attached hydrogens (tertiary/aromatic N) is 1. The van der Waals surface area contributed by atoms with Crippen molar-refractivity contribution in [3.8, 4) is 5.75 Å². The van der Waals surface area contributed by atoms with E-state index in [1.165, 1.54) is 6.07 Å². The molecule has 0 unspecified atom stereocenters. The normalized spacial score (nSPS) is 10.0. The molecule has 0 fully saturated rings. The summed E-state index contributed by atoms with van der Waals surface area (Å²) in [6, 6.07) is 4.71. The molecule has 1 N–H and O–H groups in total. The van der Waals surface area contributed by atoms with Crippen molar-refractivity contribution >= 4 is 17.3 Å². The summed E-state index contributed by atoms with van der Waals surface area (Å²) in [5, 5.41) is 14.0. The lowest BCUT2D eigenvalue weighted by Crippen LogP contribution is -2.06. The molecule has 0 amide bonds. The maximum Gasteiger partial charge on any atom is 0.310 e. The summed E-state index contributed by atoms with van der Waals surface area (Å²) < 4.78 is 5.25. The Balaban J connectivity index is 2.98. The maximum atomic E-state index is 10.8. The summed E-state index contributed by atoms with van der Waals surface area (Å²) in [6.45, 7) is 4.12. The minimum absolute atomic E-state index is 0.0470. The number of nitro groups is 1. The van der Waals surface area contributed by atoms with Gasteiger partial charge in [0.1, 0.15) is 6.61 Å². The minimum Gasteiger partial charge on any atom is -0.481 e. The average Bonchev–Trinajstić information content (AvgIpc) is 2.26. The molecule has 92 valence electrons. The fourth-order valence-electron chi connectivity index (χ4n) is 1.30. The molecule has 0 atom stereocenters. The van der Waals surface area contributed by atoms with E-state index in [1.54, 1.807) is 19.2 Å². The molecular weight excluding hydrogens is 244 g/mol. The summed E-state index contributed by atoms with van der Waals surface area (Å²) in [6.07, 6.45) is 0. The molecule has 0 spiro atoms. The highest BCUT2D eigenvalue weighted by Gasteiger charge is 2.15. The standard InChI is InChI=1S/C11H13ClN2O3/c1-8(12)7-17-11-5-9(6-13-2)3-4-10(11)14(15)16/h3-5,13H,1,6-7H2,2H3. The minimum atomic E-state index is -0.491. The van der Waals surface area contributed by atoms with Gasteiger partial charge in [0.25, 0.3) is 0 Å². The van der Waals surface area contributed by atoms with Crippen LogP contribution >= 0.6 is 11.6 Å². The summed E-state index contributed by atoms with van der Waals surface area (Å²) in [5.41, 5.74) is 0.816. The predicted octanol–water partition coefficient (Wildman–Crippen LogP) is 2.45. The molecule has 1 aromatic rings. The molecule has 0 radical (unpaired) electrons. The number of hydrogen-bond acceptors (Lipinski definition) is 4. The molecule has 0 aliphatic heterocycles. The van der Waals surface area contributed by atoms with Crippen LogP contribution in [0.5, 0.6) is 5.75 Å². The van der Waals surface area contributed by atoms with E-state index in [0.29, 0.717) is 11.6 Å². The van der Waals surface area contributed by atoms with E-state index in [2.05, 4.69) is 11.9 Å². The molecule has 0 heterocycles. The Kier molecular flexibility index (Phi) is 4.93. The van der Waals surface area contributed by atoms with E-state index >= 15 is 0 Å². The lowest BCUT2D eigenvalue weighted by Gasteiger charge is -2.07. The molecule has 1 aromatic carbocycles. The van der Waals surface area contributed by atoms with Gasteiger partial charge in [0.2, 0.25) is 0 Å². The smallest absolute Gasteiger partial charge is 0.310 e. The van der Waals surface area contributed by atoms with E-state index in [1.807, 2.05) is 0 Å². The van der Waals surface area contributed by atoms with Crippen LogP contribution in [0.25, 0.3) is 0 Å². The topological polar surface area (TPSA) is 64.4 Å². The predicted molar refractivity (Wildman–Crippen MR) is 66.3 cm³/mol. The highest BCUT2D eigenvalue weighted by atomic mass is 35.5. The van der Waals surface area contributed by atoms with Gasteiger partial charge in [-0.05, 0) is 18.7 Å². The number of hydrogen-bond donors (Lipinski definition) is 1. The van der Waals surface area contributed by atoms with E-state index in [9.17, 15) is 10.1 Å². The van der Waals surface area contributed by atoms with Crippen LogP contribution in [0.1, 0.15) is 5.56 Å². The fraction of sp³-hybridized carbons (Fsp3) is 0.273. The van der Waals surface area contributed by atoms with Crippen molar-refractivity contribution in [3.63, 3.8) is 0 Å². The third-order valence-electron chi connectivity index (χ3n) is 1.99. The van der Waals surface area contributed by atoms with Gasteiger partial charge in [-0.15, -0.1) is 0 Å². The number of ether oxygens (including phenoxy) is 1. The molecule has 5 nitrogen and oxygen atoms in total. The number of nitro benzene ring substituents is 1. The van der Waals surface area contributed by atoms with Crippen molar-refractivity contribution in [2.45, 2.75) is 6.54 Å².